The molecule has 4 aromatic rings. The number of fused-ring (bicyclic) bond motifs is 2. The summed E-state index contributed by atoms with van der Waals surface area (Å²) in [7, 11) is 0. The Bertz CT molecular complexity index is 1030. The third-order valence-corrected chi connectivity index (χ3v) is 4.53. The highest BCUT2D eigenvalue weighted by Gasteiger charge is 2.20. The number of oxazole rings is 1. The first kappa shape index (κ1) is 15.1. The lowest BCUT2D eigenvalue weighted by atomic mass is 10.1. The van der Waals surface area contributed by atoms with Gasteiger partial charge in [-0.05, 0) is 12.1 Å². The van der Waals surface area contributed by atoms with Crippen molar-refractivity contribution in [1.82, 2.24) is 29.8 Å². The Kier molecular flexibility index (Phi) is 3.64. The topological polar surface area (TPSA) is 80.8 Å². The standard InChI is InChI=1S/C19H16N6O/c1-2-4-17-16(3-1)23-18(26-17)11-25-6-5-15-14(10-25)9-22-19(24-15)13-7-20-12-21-8-13/h1-4,7-9,12H,5-6,10-11H2. The van der Waals surface area contributed by atoms with E-state index in [9.17, 15) is 0 Å². The van der Waals surface area contributed by atoms with E-state index in [4.69, 9.17) is 9.40 Å². The number of para-hydroxylation sites is 2. The predicted molar refractivity (Wildman–Crippen MR) is 94.9 cm³/mol. The van der Waals surface area contributed by atoms with Crippen molar-refractivity contribution in [3.8, 4) is 11.4 Å². The first-order valence-electron chi connectivity index (χ1n) is 8.52. The van der Waals surface area contributed by atoms with Gasteiger partial charge >= 0.3 is 0 Å². The highest BCUT2D eigenvalue weighted by molar-refractivity contribution is 5.72. The van der Waals surface area contributed by atoms with E-state index in [2.05, 4.69) is 24.8 Å². The van der Waals surface area contributed by atoms with Crippen molar-refractivity contribution in [2.75, 3.05) is 6.54 Å². The molecule has 0 saturated heterocycles. The Morgan fingerprint density at radius 3 is 2.81 bits per heavy atom. The zero-order chi connectivity index (χ0) is 17.3. The SMILES string of the molecule is c1ccc2oc(CN3CCc4nc(-c5cncnc5)ncc4C3)nc2c1. The fraction of sp³-hybridized carbons (Fsp3) is 0.211. The highest BCUT2D eigenvalue weighted by atomic mass is 16.3. The van der Waals surface area contributed by atoms with Gasteiger partial charge < -0.3 is 4.42 Å². The van der Waals surface area contributed by atoms with Crippen molar-refractivity contribution in [2.24, 2.45) is 0 Å². The Labute approximate surface area is 149 Å². The van der Waals surface area contributed by atoms with Gasteiger partial charge in [0, 0.05) is 43.7 Å². The van der Waals surface area contributed by atoms with E-state index >= 15 is 0 Å². The molecule has 7 heteroatoms. The van der Waals surface area contributed by atoms with Crippen LogP contribution in [-0.2, 0) is 19.5 Å². The van der Waals surface area contributed by atoms with Crippen LogP contribution >= 0.6 is 0 Å². The fourth-order valence-corrected chi connectivity index (χ4v) is 3.24. The summed E-state index contributed by atoms with van der Waals surface area (Å²) in [4.78, 5) is 24.1. The summed E-state index contributed by atoms with van der Waals surface area (Å²) in [5.74, 6) is 1.42. The number of hydrogen-bond acceptors (Lipinski definition) is 7. The molecule has 128 valence electrons. The lowest BCUT2D eigenvalue weighted by Gasteiger charge is -2.26. The molecule has 1 aliphatic rings. The molecule has 0 bridgehead atoms. The van der Waals surface area contributed by atoms with E-state index in [0.717, 1.165) is 53.3 Å². The molecule has 26 heavy (non-hydrogen) atoms. The lowest BCUT2D eigenvalue weighted by Crippen LogP contribution is -2.31. The monoisotopic (exact) mass is 344 g/mol. The minimum atomic E-state index is 0.678. The molecule has 5 rings (SSSR count). The normalized spacial score (nSPS) is 14.5. The number of benzene rings is 1. The van der Waals surface area contributed by atoms with Crippen molar-refractivity contribution < 1.29 is 4.42 Å². The molecule has 0 saturated carbocycles. The molecule has 0 atom stereocenters. The van der Waals surface area contributed by atoms with E-state index in [0.29, 0.717) is 12.4 Å². The van der Waals surface area contributed by atoms with Gasteiger partial charge in [-0.1, -0.05) is 12.1 Å². The predicted octanol–water partition coefficient (Wildman–Crippen LogP) is 2.63. The second-order valence-corrected chi connectivity index (χ2v) is 6.33. The summed E-state index contributed by atoms with van der Waals surface area (Å²) < 4.78 is 5.84. The van der Waals surface area contributed by atoms with E-state index in [1.54, 1.807) is 12.4 Å². The Morgan fingerprint density at radius 2 is 1.92 bits per heavy atom. The molecular weight excluding hydrogens is 328 g/mol. The van der Waals surface area contributed by atoms with Gasteiger partial charge in [0.15, 0.2) is 11.4 Å². The maximum Gasteiger partial charge on any atom is 0.209 e. The Morgan fingerprint density at radius 1 is 1.04 bits per heavy atom. The molecular formula is C19H16N6O. The van der Waals surface area contributed by atoms with Gasteiger partial charge in [-0.2, -0.15) is 0 Å². The largest absolute Gasteiger partial charge is 0.439 e. The van der Waals surface area contributed by atoms with Crippen LogP contribution in [0, 0.1) is 0 Å². The molecule has 0 spiro atoms. The van der Waals surface area contributed by atoms with Crippen LogP contribution in [0.2, 0.25) is 0 Å². The van der Waals surface area contributed by atoms with Crippen LogP contribution in [0.4, 0.5) is 0 Å². The van der Waals surface area contributed by atoms with E-state index in [-0.39, 0.29) is 0 Å². The summed E-state index contributed by atoms with van der Waals surface area (Å²) in [6.07, 6.45) is 7.75. The average Bonchev–Trinajstić information content (AvgIpc) is 3.10. The Balaban J connectivity index is 1.35. The molecule has 0 unspecified atom stereocenters. The van der Waals surface area contributed by atoms with Crippen molar-refractivity contribution in [2.45, 2.75) is 19.5 Å². The summed E-state index contributed by atoms with van der Waals surface area (Å²) in [6.45, 7) is 2.38. The first-order valence-corrected chi connectivity index (χ1v) is 8.52. The van der Waals surface area contributed by atoms with Crippen LogP contribution in [0.1, 0.15) is 17.1 Å². The highest BCUT2D eigenvalue weighted by Crippen LogP contribution is 2.22. The summed E-state index contributed by atoms with van der Waals surface area (Å²) in [5.41, 5.74) is 4.81. The van der Waals surface area contributed by atoms with Crippen LogP contribution in [0.15, 0.2) is 53.6 Å². The minimum Gasteiger partial charge on any atom is -0.439 e. The molecule has 0 radical (unpaired) electrons. The van der Waals surface area contributed by atoms with Crippen LogP contribution in [0.3, 0.4) is 0 Å². The zero-order valence-corrected chi connectivity index (χ0v) is 14.0. The number of hydrogen-bond donors (Lipinski definition) is 0. The van der Waals surface area contributed by atoms with Crippen LogP contribution in [-0.4, -0.2) is 36.4 Å². The first-order chi connectivity index (χ1) is 12.8. The molecule has 0 aliphatic carbocycles. The average molecular weight is 344 g/mol. The zero-order valence-electron chi connectivity index (χ0n) is 14.0. The van der Waals surface area contributed by atoms with Crippen molar-refractivity contribution >= 4 is 11.1 Å². The summed E-state index contributed by atoms with van der Waals surface area (Å²) in [6, 6.07) is 7.84. The summed E-state index contributed by atoms with van der Waals surface area (Å²) in [5, 5.41) is 0. The molecule has 1 aromatic carbocycles. The number of rotatable bonds is 3. The molecule has 7 nitrogen and oxygen atoms in total. The molecule has 3 aromatic heterocycles. The van der Waals surface area contributed by atoms with Gasteiger partial charge in [-0.3, -0.25) is 4.90 Å². The second-order valence-electron chi connectivity index (χ2n) is 6.33. The maximum absolute atomic E-state index is 5.84. The number of nitrogens with zero attached hydrogens (tertiary/aromatic N) is 6. The molecule has 0 N–H and O–H groups in total. The molecule has 0 amide bonds. The van der Waals surface area contributed by atoms with Gasteiger partial charge in [0.25, 0.3) is 0 Å². The van der Waals surface area contributed by atoms with Crippen LogP contribution in [0.25, 0.3) is 22.5 Å². The van der Waals surface area contributed by atoms with Crippen molar-refractivity contribution in [1.29, 1.82) is 0 Å². The quantitative estimate of drug-likeness (QED) is 0.565. The second kappa shape index (κ2) is 6.27. The van der Waals surface area contributed by atoms with Gasteiger partial charge in [0.1, 0.15) is 11.8 Å². The van der Waals surface area contributed by atoms with Crippen molar-refractivity contribution in [3.05, 3.63) is 66.3 Å². The van der Waals surface area contributed by atoms with Crippen LogP contribution < -0.4 is 0 Å². The van der Waals surface area contributed by atoms with E-state index < -0.39 is 0 Å². The smallest absolute Gasteiger partial charge is 0.209 e. The summed E-state index contributed by atoms with van der Waals surface area (Å²) >= 11 is 0. The van der Waals surface area contributed by atoms with Gasteiger partial charge in [0.05, 0.1) is 17.8 Å². The lowest BCUT2D eigenvalue weighted by molar-refractivity contribution is 0.221. The molecule has 1 aliphatic heterocycles. The van der Waals surface area contributed by atoms with E-state index in [1.165, 1.54) is 6.33 Å². The Hall–Kier alpha value is -3.19. The third-order valence-electron chi connectivity index (χ3n) is 4.53. The third kappa shape index (κ3) is 2.82. The van der Waals surface area contributed by atoms with Gasteiger partial charge in [-0.25, -0.2) is 24.9 Å². The maximum atomic E-state index is 5.84. The van der Waals surface area contributed by atoms with Crippen molar-refractivity contribution in [3.63, 3.8) is 0 Å². The fourth-order valence-electron chi connectivity index (χ4n) is 3.24. The van der Waals surface area contributed by atoms with Gasteiger partial charge in [0.2, 0.25) is 5.89 Å². The van der Waals surface area contributed by atoms with Gasteiger partial charge in [-0.15, -0.1) is 0 Å². The van der Waals surface area contributed by atoms with Crippen LogP contribution in [0.5, 0.6) is 0 Å². The number of aromatic nitrogens is 5. The minimum absolute atomic E-state index is 0.678. The van der Waals surface area contributed by atoms with E-state index in [1.807, 2.05) is 30.5 Å². The molecule has 0 fully saturated rings. The molecule has 4 heterocycles.